The van der Waals surface area contributed by atoms with Gasteiger partial charge in [-0.1, -0.05) is 26.0 Å². The van der Waals surface area contributed by atoms with E-state index in [-0.39, 0.29) is 24.2 Å². The number of rotatable bonds is 6. The van der Waals surface area contributed by atoms with Gasteiger partial charge in [-0.15, -0.1) is 0 Å². The molecule has 22 heavy (non-hydrogen) atoms. The molecule has 0 fully saturated rings. The lowest BCUT2D eigenvalue weighted by molar-refractivity contribution is -0.122. The lowest BCUT2D eigenvalue weighted by Gasteiger charge is -2.30. The summed E-state index contributed by atoms with van der Waals surface area (Å²) < 4.78 is 13.0. The number of hydrogen-bond donors (Lipinski definition) is 2. The molecule has 0 aromatic heterocycles. The van der Waals surface area contributed by atoms with E-state index in [1.165, 1.54) is 12.1 Å². The second-order valence-electron chi connectivity index (χ2n) is 6.50. The molecule has 1 aromatic rings. The fourth-order valence-electron chi connectivity index (χ4n) is 1.91. The van der Waals surface area contributed by atoms with Gasteiger partial charge in [0, 0.05) is 5.54 Å². The second kappa shape index (κ2) is 6.89. The summed E-state index contributed by atoms with van der Waals surface area (Å²) >= 11 is 0. The van der Waals surface area contributed by atoms with Gasteiger partial charge in [-0.3, -0.25) is 10.1 Å². The molecule has 0 saturated carbocycles. The topological polar surface area (TPSA) is 64.9 Å². The van der Waals surface area contributed by atoms with E-state index < -0.39 is 11.1 Å². The summed E-state index contributed by atoms with van der Waals surface area (Å²) in [5.41, 5.74) is -0.487. The highest BCUT2D eigenvalue weighted by Gasteiger charge is 2.30. The minimum Gasteiger partial charge on any atom is -0.337 e. The standard InChI is InChI=1S/C17H24FN3O/c1-12(2)17(5,11-19)21-15(22)10-20-16(3,4)13-6-8-14(18)9-7-13/h6-9,12,20H,10H2,1-5H3,(H,21,22)/t17-/m1/s1. The Bertz CT molecular complexity index is 560. The molecule has 0 bridgehead atoms. The maximum Gasteiger partial charge on any atom is 0.235 e. The van der Waals surface area contributed by atoms with Gasteiger partial charge in [0.15, 0.2) is 0 Å². The zero-order valence-corrected chi connectivity index (χ0v) is 13.8. The van der Waals surface area contributed by atoms with Crippen LogP contribution in [0, 0.1) is 23.1 Å². The number of carbonyl (C=O) groups is 1. The van der Waals surface area contributed by atoms with Crippen molar-refractivity contribution >= 4 is 5.91 Å². The van der Waals surface area contributed by atoms with Gasteiger partial charge in [0.05, 0.1) is 12.6 Å². The molecule has 120 valence electrons. The zero-order chi connectivity index (χ0) is 17.0. The molecule has 1 aromatic carbocycles. The normalized spacial score (nSPS) is 14.3. The highest BCUT2D eigenvalue weighted by molar-refractivity contribution is 5.79. The number of nitrogens with one attached hydrogen (secondary N) is 2. The number of nitrogens with zero attached hydrogens (tertiary/aromatic N) is 1. The summed E-state index contributed by atoms with van der Waals surface area (Å²) in [5.74, 6) is -0.529. The third-order valence-corrected chi connectivity index (χ3v) is 4.04. The van der Waals surface area contributed by atoms with E-state index in [0.29, 0.717) is 0 Å². The number of hydrogen-bond acceptors (Lipinski definition) is 3. The Morgan fingerprint density at radius 2 is 1.82 bits per heavy atom. The van der Waals surface area contributed by atoms with Crippen LogP contribution >= 0.6 is 0 Å². The molecule has 0 heterocycles. The molecule has 0 aliphatic carbocycles. The first-order valence-corrected chi connectivity index (χ1v) is 7.34. The van der Waals surface area contributed by atoms with E-state index >= 15 is 0 Å². The first-order chi connectivity index (χ1) is 10.1. The van der Waals surface area contributed by atoms with E-state index in [9.17, 15) is 14.4 Å². The van der Waals surface area contributed by atoms with E-state index in [2.05, 4.69) is 16.7 Å². The van der Waals surface area contributed by atoms with Gasteiger partial charge in [-0.2, -0.15) is 5.26 Å². The molecule has 0 radical (unpaired) electrons. The maximum atomic E-state index is 13.0. The van der Waals surface area contributed by atoms with Gasteiger partial charge < -0.3 is 5.32 Å². The van der Waals surface area contributed by atoms with Crippen LogP contribution in [0.25, 0.3) is 0 Å². The lowest BCUT2D eigenvalue weighted by atomic mass is 9.90. The predicted octanol–water partition coefficient (Wildman–Crippen LogP) is 2.70. The van der Waals surface area contributed by atoms with Crippen molar-refractivity contribution in [2.45, 2.75) is 45.7 Å². The van der Waals surface area contributed by atoms with Gasteiger partial charge in [0.25, 0.3) is 0 Å². The fraction of sp³-hybridized carbons (Fsp3) is 0.529. The average molecular weight is 305 g/mol. The number of carbonyl (C=O) groups excluding carboxylic acids is 1. The van der Waals surface area contributed by atoms with Gasteiger partial charge in [-0.25, -0.2) is 4.39 Å². The third kappa shape index (κ3) is 4.54. The van der Waals surface area contributed by atoms with Crippen LogP contribution in [-0.2, 0) is 10.3 Å². The Morgan fingerprint density at radius 3 is 2.27 bits per heavy atom. The zero-order valence-electron chi connectivity index (χ0n) is 13.8. The summed E-state index contributed by atoms with van der Waals surface area (Å²) in [5, 5.41) is 15.1. The van der Waals surface area contributed by atoms with Crippen LogP contribution < -0.4 is 10.6 Å². The summed E-state index contributed by atoms with van der Waals surface area (Å²) in [6, 6.07) is 8.31. The van der Waals surface area contributed by atoms with Crippen molar-refractivity contribution < 1.29 is 9.18 Å². The van der Waals surface area contributed by atoms with Gasteiger partial charge >= 0.3 is 0 Å². The minimum absolute atomic E-state index is 0.00607. The number of nitriles is 1. The quantitative estimate of drug-likeness (QED) is 0.849. The van der Waals surface area contributed by atoms with Crippen LogP contribution in [0.4, 0.5) is 4.39 Å². The molecular formula is C17H24FN3O. The summed E-state index contributed by atoms with van der Waals surface area (Å²) in [7, 11) is 0. The molecule has 0 unspecified atom stereocenters. The molecule has 1 atom stereocenters. The predicted molar refractivity (Wildman–Crippen MR) is 84.4 cm³/mol. The van der Waals surface area contributed by atoms with E-state index in [0.717, 1.165) is 5.56 Å². The van der Waals surface area contributed by atoms with Crippen molar-refractivity contribution in [3.63, 3.8) is 0 Å². The van der Waals surface area contributed by atoms with Gasteiger partial charge in [0.2, 0.25) is 5.91 Å². The Labute approximate surface area is 131 Å². The molecule has 4 nitrogen and oxygen atoms in total. The Balaban J connectivity index is 2.67. The SMILES string of the molecule is CC(C)[C@@](C)(C#N)NC(=O)CNC(C)(C)c1ccc(F)cc1. The van der Waals surface area contributed by atoms with Crippen LogP contribution in [0.1, 0.15) is 40.2 Å². The van der Waals surface area contributed by atoms with Gasteiger partial charge in [0.1, 0.15) is 11.4 Å². The summed E-state index contributed by atoms with van der Waals surface area (Å²) in [4.78, 5) is 12.1. The van der Waals surface area contributed by atoms with E-state index in [4.69, 9.17) is 0 Å². The van der Waals surface area contributed by atoms with Crippen LogP contribution in [0.5, 0.6) is 0 Å². The van der Waals surface area contributed by atoms with Crippen molar-refractivity contribution in [3.8, 4) is 6.07 Å². The molecular weight excluding hydrogens is 281 g/mol. The summed E-state index contributed by atoms with van der Waals surface area (Å²) in [6.07, 6.45) is 0. The van der Waals surface area contributed by atoms with Crippen molar-refractivity contribution in [1.29, 1.82) is 5.26 Å². The largest absolute Gasteiger partial charge is 0.337 e. The summed E-state index contributed by atoms with van der Waals surface area (Å²) in [6.45, 7) is 9.40. The fourth-order valence-corrected chi connectivity index (χ4v) is 1.91. The molecule has 2 N–H and O–H groups in total. The first-order valence-electron chi connectivity index (χ1n) is 7.34. The van der Waals surface area contributed by atoms with Crippen LogP contribution in [0.15, 0.2) is 24.3 Å². The second-order valence-corrected chi connectivity index (χ2v) is 6.50. The van der Waals surface area contributed by atoms with Crippen LogP contribution in [0.3, 0.4) is 0 Å². The molecule has 0 aliphatic heterocycles. The first kappa shape index (κ1) is 18.1. The Kier molecular flexibility index (Phi) is 5.67. The number of benzene rings is 1. The third-order valence-electron chi connectivity index (χ3n) is 4.04. The monoisotopic (exact) mass is 305 g/mol. The molecule has 0 spiro atoms. The maximum absolute atomic E-state index is 13.0. The van der Waals surface area contributed by atoms with E-state index in [1.54, 1.807) is 19.1 Å². The number of halogens is 1. The Morgan fingerprint density at radius 1 is 1.27 bits per heavy atom. The smallest absolute Gasteiger partial charge is 0.235 e. The minimum atomic E-state index is -0.890. The van der Waals surface area contributed by atoms with E-state index in [1.807, 2.05) is 27.7 Å². The molecule has 1 amide bonds. The van der Waals surface area contributed by atoms with Crippen molar-refractivity contribution in [2.75, 3.05) is 6.54 Å². The van der Waals surface area contributed by atoms with Crippen molar-refractivity contribution in [3.05, 3.63) is 35.6 Å². The molecule has 0 aliphatic rings. The van der Waals surface area contributed by atoms with Crippen molar-refractivity contribution in [1.82, 2.24) is 10.6 Å². The molecule has 5 heteroatoms. The Hall–Kier alpha value is -1.93. The highest BCUT2D eigenvalue weighted by Crippen LogP contribution is 2.20. The van der Waals surface area contributed by atoms with Crippen LogP contribution in [0.2, 0.25) is 0 Å². The average Bonchev–Trinajstić information content (AvgIpc) is 2.45. The molecule has 1 rings (SSSR count). The van der Waals surface area contributed by atoms with Gasteiger partial charge in [-0.05, 0) is 44.4 Å². The lowest BCUT2D eigenvalue weighted by Crippen LogP contribution is -2.53. The van der Waals surface area contributed by atoms with Crippen LogP contribution in [-0.4, -0.2) is 18.0 Å². The highest BCUT2D eigenvalue weighted by atomic mass is 19.1. The van der Waals surface area contributed by atoms with Crippen molar-refractivity contribution in [2.24, 2.45) is 5.92 Å². The molecule has 0 saturated heterocycles. The number of amides is 1.